The maximum atomic E-state index is 12.2. The number of amides is 3. The van der Waals surface area contributed by atoms with E-state index in [1.54, 1.807) is 43.3 Å². The van der Waals surface area contributed by atoms with Gasteiger partial charge in [-0.2, -0.15) is 0 Å². The van der Waals surface area contributed by atoms with Crippen LogP contribution in [-0.2, 0) is 17.9 Å². The summed E-state index contributed by atoms with van der Waals surface area (Å²) < 4.78 is 1.88. The highest BCUT2D eigenvalue weighted by atomic mass is 35.5. The Morgan fingerprint density at radius 1 is 1.07 bits per heavy atom. The van der Waals surface area contributed by atoms with E-state index >= 15 is 0 Å². The lowest BCUT2D eigenvalue weighted by Crippen LogP contribution is -2.28. The first-order valence-corrected chi connectivity index (χ1v) is 9.37. The van der Waals surface area contributed by atoms with Crippen molar-refractivity contribution in [2.24, 2.45) is 0 Å². The number of aromatic nitrogens is 1. The van der Waals surface area contributed by atoms with Crippen LogP contribution in [0.5, 0.6) is 0 Å². The Bertz CT molecular complexity index is 1030. The number of anilines is 1. The van der Waals surface area contributed by atoms with Crippen LogP contribution in [0.1, 0.15) is 5.56 Å². The number of rotatable bonds is 5. The molecule has 0 saturated carbocycles. The summed E-state index contributed by atoms with van der Waals surface area (Å²) in [5, 5.41) is 7.55. The van der Waals surface area contributed by atoms with E-state index in [0.29, 0.717) is 15.7 Å². The number of carbonyl (C=O) groups excluding carboxylic acids is 2. The number of nitrogens with one attached hydrogen (secondary N) is 2. The fraction of sp³-hybridized carbons (Fsp3) is 0.200. The molecule has 2 aromatic carbocycles. The van der Waals surface area contributed by atoms with Gasteiger partial charge >= 0.3 is 6.03 Å². The monoisotopic (exact) mass is 418 g/mol. The molecule has 3 amide bonds. The maximum absolute atomic E-state index is 12.2. The Labute approximate surface area is 173 Å². The molecule has 1 heterocycles. The van der Waals surface area contributed by atoms with E-state index in [9.17, 15) is 9.59 Å². The maximum Gasteiger partial charge on any atom is 0.319 e. The van der Waals surface area contributed by atoms with Gasteiger partial charge < -0.3 is 20.1 Å². The van der Waals surface area contributed by atoms with Crippen LogP contribution < -0.4 is 10.6 Å². The zero-order valence-corrected chi connectivity index (χ0v) is 17.0. The summed E-state index contributed by atoms with van der Waals surface area (Å²) in [5.74, 6) is 0.0138. The second kappa shape index (κ2) is 8.54. The molecule has 1 aromatic heterocycles. The molecule has 6 nitrogen and oxygen atoms in total. The first kappa shape index (κ1) is 20.0. The molecule has 2 N–H and O–H groups in total. The molecule has 146 valence electrons. The standard InChI is InChI=1S/C20H20Cl2N4O2/c1-25(2)19(27)12-26-8-7-13-9-16(5-6-18(13)26)24-20(28)23-11-14-3-4-15(21)10-17(14)22/h3-10H,11-12H2,1-2H3,(H2,23,24,28). The van der Waals surface area contributed by atoms with Gasteiger partial charge in [-0.3, -0.25) is 4.79 Å². The Hall–Kier alpha value is -2.70. The molecule has 3 aromatic rings. The normalized spacial score (nSPS) is 10.7. The largest absolute Gasteiger partial charge is 0.347 e. The third-order valence-corrected chi connectivity index (χ3v) is 4.87. The Kier molecular flexibility index (Phi) is 6.11. The number of urea groups is 1. The molecule has 0 spiro atoms. The molecule has 0 atom stereocenters. The lowest BCUT2D eigenvalue weighted by molar-refractivity contribution is -0.129. The van der Waals surface area contributed by atoms with E-state index in [4.69, 9.17) is 23.2 Å². The van der Waals surface area contributed by atoms with Gasteiger partial charge in [0.25, 0.3) is 0 Å². The van der Waals surface area contributed by atoms with Crippen LogP contribution in [0.2, 0.25) is 10.0 Å². The summed E-state index contributed by atoms with van der Waals surface area (Å²) in [6.07, 6.45) is 1.86. The van der Waals surface area contributed by atoms with Crippen molar-refractivity contribution < 1.29 is 9.59 Å². The van der Waals surface area contributed by atoms with Crippen molar-refractivity contribution in [3.05, 3.63) is 64.3 Å². The predicted octanol–water partition coefficient (Wildman–Crippen LogP) is 4.36. The molecule has 0 fully saturated rings. The van der Waals surface area contributed by atoms with Crippen LogP contribution in [0.4, 0.5) is 10.5 Å². The Morgan fingerprint density at radius 3 is 2.57 bits per heavy atom. The van der Waals surface area contributed by atoms with Crippen LogP contribution in [0.3, 0.4) is 0 Å². The van der Waals surface area contributed by atoms with Gasteiger partial charge in [0.1, 0.15) is 6.54 Å². The van der Waals surface area contributed by atoms with E-state index in [1.807, 2.05) is 29.0 Å². The Balaban J connectivity index is 1.64. The highest BCUT2D eigenvalue weighted by molar-refractivity contribution is 6.35. The van der Waals surface area contributed by atoms with E-state index in [2.05, 4.69) is 10.6 Å². The van der Waals surface area contributed by atoms with Crippen molar-refractivity contribution >= 4 is 51.7 Å². The zero-order chi connectivity index (χ0) is 20.3. The van der Waals surface area contributed by atoms with Gasteiger partial charge in [-0.1, -0.05) is 29.3 Å². The SMILES string of the molecule is CN(C)C(=O)Cn1ccc2cc(NC(=O)NCc3ccc(Cl)cc3Cl)ccc21. The number of hydrogen-bond acceptors (Lipinski definition) is 2. The first-order valence-electron chi connectivity index (χ1n) is 8.61. The molecular formula is C20H20Cl2N4O2. The number of nitrogens with zero attached hydrogens (tertiary/aromatic N) is 2. The predicted molar refractivity (Wildman–Crippen MR) is 113 cm³/mol. The van der Waals surface area contributed by atoms with E-state index in [-0.39, 0.29) is 25.0 Å². The molecule has 3 rings (SSSR count). The highest BCUT2D eigenvalue weighted by Gasteiger charge is 2.10. The van der Waals surface area contributed by atoms with Gasteiger partial charge in [0.2, 0.25) is 5.91 Å². The third kappa shape index (κ3) is 4.77. The van der Waals surface area contributed by atoms with E-state index in [1.165, 1.54) is 0 Å². The van der Waals surface area contributed by atoms with Crippen LogP contribution in [-0.4, -0.2) is 35.5 Å². The highest BCUT2D eigenvalue weighted by Crippen LogP contribution is 2.22. The fourth-order valence-corrected chi connectivity index (χ4v) is 3.19. The zero-order valence-electron chi connectivity index (χ0n) is 15.5. The van der Waals surface area contributed by atoms with Crippen molar-refractivity contribution in [1.82, 2.24) is 14.8 Å². The number of benzene rings is 2. The summed E-state index contributed by atoms with van der Waals surface area (Å²) in [5.41, 5.74) is 2.36. The minimum Gasteiger partial charge on any atom is -0.347 e. The van der Waals surface area contributed by atoms with Gasteiger partial charge in [0.15, 0.2) is 0 Å². The molecule has 0 aliphatic carbocycles. The van der Waals surface area contributed by atoms with Crippen molar-refractivity contribution in [1.29, 1.82) is 0 Å². The topological polar surface area (TPSA) is 66.4 Å². The van der Waals surface area contributed by atoms with Crippen LogP contribution in [0.15, 0.2) is 48.7 Å². The lowest BCUT2D eigenvalue weighted by Gasteiger charge is -2.12. The quantitative estimate of drug-likeness (QED) is 0.646. The molecule has 0 saturated heterocycles. The van der Waals surface area contributed by atoms with Gasteiger partial charge in [0, 0.05) is 53.5 Å². The molecule has 0 radical (unpaired) electrons. The molecule has 0 aliphatic heterocycles. The molecule has 28 heavy (non-hydrogen) atoms. The summed E-state index contributed by atoms with van der Waals surface area (Å²) in [6.45, 7) is 0.554. The summed E-state index contributed by atoms with van der Waals surface area (Å²) >= 11 is 12.0. The average Bonchev–Trinajstić information content (AvgIpc) is 3.03. The second-order valence-corrected chi connectivity index (χ2v) is 7.39. The van der Waals surface area contributed by atoms with Gasteiger partial charge in [0.05, 0.1) is 0 Å². The van der Waals surface area contributed by atoms with Crippen molar-refractivity contribution in [3.63, 3.8) is 0 Å². The third-order valence-electron chi connectivity index (χ3n) is 4.29. The van der Waals surface area contributed by atoms with E-state index < -0.39 is 0 Å². The molecule has 0 aliphatic rings. The van der Waals surface area contributed by atoms with Gasteiger partial charge in [-0.25, -0.2) is 4.79 Å². The van der Waals surface area contributed by atoms with Gasteiger partial charge in [-0.05, 0) is 42.0 Å². The molecule has 0 bridgehead atoms. The van der Waals surface area contributed by atoms with Crippen molar-refractivity contribution in [3.8, 4) is 0 Å². The summed E-state index contributed by atoms with van der Waals surface area (Å²) in [6, 6.07) is 12.2. The number of carbonyl (C=O) groups is 2. The summed E-state index contributed by atoms with van der Waals surface area (Å²) in [4.78, 5) is 25.7. The average molecular weight is 419 g/mol. The first-order chi connectivity index (χ1) is 13.3. The molecule has 0 unspecified atom stereocenters. The number of hydrogen-bond donors (Lipinski definition) is 2. The molecular weight excluding hydrogens is 399 g/mol. The second-order valence-electron chi connectivity index (χ2n) is 6.55. The van der Waals surface area contributed by atoms with Crippen molar-refractivity contribution in [2.45, 2.75) is 13.1 Å². The number of halogens is 2. The van der Waals surface area contributed by atoms with Gasteiger partial charge in [-0.15, -0.1) is 0 Å². The lowest BCUT2D eigenvalue weighted by atomic mass is 10.2. The minimum atomic E-state index is -0.340. The smallest absolute Gasteiger partial charge is 0.319 e. The Morgan fingerprint density at radius 2 is 1.86 bits per heavy atom. The van der Waals surface area contributed by atoms with E-state index in [0.717, 1.165) is 16.5 Å². The van der Waals surface area contributed by atoms with Crippen LogP contribution in [0.25, 0.3) is 10.9 Å². The number of fused-ring (bicyclic) bond motifs is 1. The molecule has 8 heteroatoms. The van der Waals surface area contributed by atoms with Crippen LogP contribution in [0, 0.1) is 0 Å². The minimum absolute atomic E-state index is 0.0138. The van der Waals surface area contributed by atoms with Crippen LogP contribution >= 0.6 is 23.2 Å². The summed E-state index contributed by atoms with van der Waals surface area (Å²) in [7, 11) is 3.46. The fourth-order valence-electron chi connectivity index (χ4n) is 2.72. The number of likely N-dealkylation sites (N-methyl/N-ethyl adjacent to an activating group) is 1. The van der Waals surface area contributed by atoms with Crippen molar-refractivity contribution in [2.75, 3.05) is 19.4 Å².